The smallest absolute Gasteiger partial charge is 0.309 e. The number of ketones is 1. The molecular formula is C18H30N4O3S. The molecule has 0 aromatic heterocycles. The Hall–Kier alpha value is -1.57. The molecule has 1 saturated heterocycles. The van der Waals surface area contributed by atoms with Crippen molar-refractivity contribution in [3.8, 4) is 0 Å². The first-order valence-electron chi connectivity index (χ1n) is 9.44. The second-order valence-corrected chi connectivity index (χ2v) is 8.56. The number of amides is 2. The van der Waals surface area contributed by atoms with Crippen LogP contribution in [0.4, 0.5) is 0 Å². The molecule has 0 aromatic carbocycles. The van der Waals surface area contributed by atoms with Gasteiger partial charge in [0, 0.05) is 25.3 Å². The Balaban J connectivity index is 1.96. The van der Waals surface area contributed by atoms with Crippen molar-refractivity contribution >= 4 is 34.5 Å². The van der Waals surface area contributed by atoms with Gasteiger partial charge in [-0.25, -0.2) is 5.43 Å². The highest BCUT2D eigenvalue weighted by atomic mass is 32.2. The summed E-state index contributed by atoms with van der Waals surface area (Å²) in [5, 5.41) is 7.54. The molecule has 1 atom stereocenters. The molecule has 0 unspecified atom stereocenters. The van der Waals surface area contributed by atoms with Crippen molar-refractivity contribution in [2.24, 2.45) is 16.9 Å². The highest BCUT2D eigenvalue weighted by Gasteiger charge is 2.30. The van der Waals surface area contributed by atoms with Gasteiger partial charge in [-0.15, -0.1) is 5.10 Å². The quantitative estimate of drug-likeness (QED) is 0.517. The van der Waals surface area contributed by atoms with Crippen molar-refractivity contribution in [3.63, 3.8) is 0 Å². The Morgan fingerprint density at radius 2 is 1.92 bits per heavy atom. The molecule has 0 spiro atoms. The van der Waals surface area contributed by atoms with E-state index >= 15 is 0 Å². The number of nitrogens with zero attached hydrogens (tertiary/aromatic N) is 2. The predicted molar refractivity (Wildman–Crippen MR) is 104 cm³/mol. The minimum absolute atomic E-state index is 0.0435. The number of hydrazone groups is 1. The van der Waals surface area contributed by atoms with Crippen LogP contribution in [-0.4, -0.2) is 53.1 Å². The van der Waals surface area contributed by atoms with Crippen LogP contribution in [0.25, 0.3) is 0 Å². The van der Waals surface area contributed by atoms with Gasteiger partial charge < -0.3 is 10.2 Å². The van der Waals surface area contributed by atoms with Crippen LogP contribution >= 0.6 is 11.8 Å². The number of hydrogen-bond acceptors (Lipinski definition) is 5. The second kappa shape index (κ2) is 9.94. The van der Waals surface area contributed by atoms with Crippen molar-refractivity contribution in [1.82, 2.24) is 15.6 Å². The van der Waals surface area contributed by atoms with Crippen LogP contribution in [0, 0.1) is 11.8 Å². The number of hydrogen-bond donors (Lipinski definition) is 2. The van der Waals surface area contributed by atoms with E-state index in [0.717, 1.165) is 44.4 Å². The number of amidine groups is 1. The molecule has 0 radical (unpaired) electrons. The molecule has 7 nitrogen and oxygen atoms in total. The van der Waals surface area contributed by atoms with Gasteiger partial charge in [-0.05, 0) is 25.2 Å². The van der Waals surface area contributed by atoms with E-state index in [-0.39, 0.29) is 17.7 Å². The molecule has 2 aliphatic rings. The molecule has 2 N–H and O–H groups in total. The molecule has 1 heterocycles. The highest BCUT2D eigenvalue weighted by Crippen LogP contribution is 2.24. The first-order chi connectivity index (χ1) is 12.4. The predicted octanol–water partition coefficient (Wildman–Crippen LogP) is 1.73. The summed E-state index contributed by atoms with van der Waals surface area (Å²) in [6.45, 7) is 4.80. The Morgan fingerprint density at radius 1 is 1.23 bits per heavy atom. The minimum Gasteiger partial charge on any atom is -0.352 e. The van der Waals surface area contributed by atoms with Crippen molar-refractivity contribution in [3.05, 3.63) is 0 Å². The van der Waals surface area contributed by atoms with Gasteiger partial charge in [0.25, 0.3) is 0 Å². The average molecular weight is 383 g/mol. The van der Waals surface area contributed by atoms with Crippen molar-refractivity contribution in [1.29, 1.82) is 0 Å². The molecule has 2 rings (SSSR count). The van der Waals surface area contributed by atoms with Gasteiger partial charge in [0.1, 0.15) is 0 Å². The third-order valence-corrected chi connectivity index (χ3v) is 5.83. The maximum Gasteiger partial charge on any atom is 0.309 e. The standard InChI is InChI=1S/C18H30N4O3S/c1-12(2)11-14(19-16(24)13-7-5-4-6-8-13)15(23)17(25)20-21-18-22(3)9-10-26-18/h12-14H,4-11H2,1-3H3,(H,19,24)(H,20,25)/t14-/m0/s1. The van der Waals surface area contributed by atoms with E-state index in [1.807, 2.05) is 25.8 Å². The van der Waals surface area contributed by atoms with E-state index in [1.54, 1.807) is 0 Å². The zero-order valence-corrected chi connectivity index (χ0v) is 16.7. The summed E-state index contributed by atoms with van der Waals surface area (Å²) in [7, 11) is 1.89. The van der Waals surface area contributed by atoms with E-state index in [0.29, 0.717) is 11.6 Å². The van der Waals surface area contributed by atoms with Crippen molar-refractivity contribution in [2.45, 2.75) is 58.4 Å². The number of thioether (sulfide) groups is 1. The molecule has 26 heavy (non-hydrogen) atoms. The molecular weight excluding hydrogens is 352 g/mol. The summed E-state index contributed by atoms with van der Waals surface area (Å²) >= 11 is 1.53. The van der Waals surface area contributed by atoms with Gasteiger partial charge in [0.15, 0.2) is 5.17 Å². The Kier molecular flexibility index (Phi) is 7.93. The van der Waals surface area contributed by atoms with Gasteiger partial charge in [-0.1, -0.05) is 44.9 Å². The maximum atomic E-state index is 12.6. The molecule has 2 fully saturated rings. The van der Waals surface area contributed by atoms with Gasteiger partial charge >= 0.3 is 5.91 Å². The fourth-order valence-electron chi connectivity index (χ4n) is 3.27. The van der Waals surface area contributed by atoms with Crippen LogP contribution < -0.4 is 10.7 Å². The Labute approximate surface area is 159 Å². The molecule has 8 heteroatoms. The minimum atomic E-state index is -0.793. The van der Waals surface area contributed by atoms with E-state index < -0.39 is 17.7 Å². The monoisotopic (exact) mass is 382 g/mol. The summed E-state index contributed by atoms with van der Waals surface area (Å²) in [6, 6.07) is -0.793. The third-order valence-electron chi connectivity index (χ3n) is 4.78. The zero-order chi connectivity index (χ0) is 19.1. The lowest BCUT2D eigenvalue weighted by molar-refractivity contribution is -0.140. The maximum absolute atomic E-state index is 12.6. The van der Waals surface area contributed by atoms with E-state index in [2.05, 4.69) is 15.8 Å². The summed E-state index contributed by atoms with van der Waals surface area (Å²) in [5.74, 6) is -0.448. The number of nitrogens with one attached hydrogen (secondary N) is 2. The number of carbonyl (C=O) groups is 3. The van der Waals surface area contributed by atoms with Gasteiger partial charge in [-0.2, -0.15) is 0 Å². The average Bonchev–Trinajstić information content (AvgIpc) is 3.03. The topological polar surface area (TPSA) is 90.9 Å². The Morgan fingerprint density at radius 3 is 2.50 bits per heavy atom. The summed E-state index contributed by atoms with van der Waals surface area (Å²) in [4.78, 5) is 39.2. The number of Topliss-reactive ketones (excluding diaryl/α,β-unsaturated/α-hetero) is 1. The summed E-state index contributed by atoms with van der Waals surface area (Å²) in [5.41, 5.74) is 2.35. The summed E-state index contributed by atoms with van der Waals surface area (Å²) in [6.07, 6.45) is 5.41. The Bertz CT molecular complexity index is 559. The lowest BCUT2D eigenvalue weighted by Gasteiger charge is -2.24. The normalized spacial score (nSPS) is 21.1. The molecule has 146 valence electrons. The molecule has 0 bridgehead atoms. The van der Waals surface area contributed by atoms with Crippen molar-refractivity contribution < 1.29 is 14.4 Å². The fourth-order valence-corrected chi connectivity index (χ4v) is 4.24. The third kappa shape index (κ3) is 6.00. The van der Waals surface area contributed by atoms with Gasteiger partial charge in [0.2, 0.25) is 11.7 Å². The number of carbonyl (C=O) groups excluding carboxylic acids is 3. The molecule has 1 aliphatic carbocycles. The van der Waals surface area contributed by atoms with Crippen molar-refractivity contribution in [2.75, 3.05) is 19.3 Å². The highest BCUT2D eigenvalue weighted by molar-refractivity contribution is 8.14. The molecule has 0 aromatic rings. The summed E-state index contributed by atoms with van der Waals surface area (Å²) < 4.78 is 0. The lowest BCUT2D eigenvalue weighted by atomic mass is 9.88. The van der Waals surface area contributed by atoms with Crippen LogP contribution in [0.2, 0.25) is 0 Å². The number of rotatable bonds is 7. The van der Waals surface area contributed by atoms with E-state index in [9.17, 15) is 14.4 Å². The van der Waals surface area contributed by atoms with Crippen LogP contribution in [0.15, 0.2) is 5.10 Å². The fraction of sp³-hybridized carbons (Fsp3) is 0.778. The van der Waals surface area contributed by atoms with Crippen LogP contribution in [-0.2, 0) is 14.4 Å². The zero-order valence-electron chi connectivity index (χ0n) is 15.9. The first-order valence-corrected chi connectivity index (χ1v) is 10.4. The van der Waals surface area contributed by atoms with Gasteiger partial charge in [-0.3, -0.25) is 14.4 Å². The van der Waals surface area contributed by atoms with Crippen LogP contribution in [0.1, 0.15) is 52.4 Å². The van der Waals surface area contributed by atoms with Crippen LogP contribution in [0.3, 0.4) is 0 Å². The first kappa shape index (κ1) is 20.7. The van der Waals surface area contributed by atoms with E-state index in [1.165, 1.54) is 11.8 Å². The second-order valence-electron chi connectivity index (χ2n) is 7.50. The van der Waals surface area contributed by atoms with Crippen LogP contribution in [0.5, 0.6) is 0 Å². The van der Waals surface area contributed by atoms with Gasteiger partial charge in [0.05, 0.1) is 6.04 Å². The molecule has 1 aliphatic heterocycles. The lowest BCUT2D eigenvalue weighted by Crippen LogP contribution is -2.49. The largest absolute Gasteiger partial charge is 0.352 e. The molecule has 1 saturated carbocycles. The SMILES string of the molecule is CC(C)C[C@H](NC(=O)C1CCCCC1)C(=O)C(=O)NN=C1SCCN1C. The van der Waals surface area contributed by atoms with E-state index in [4.69, 9.17) is 0 Å². The molecule has 2 amide bonds.